The Morgan fingerprint density at radius 1 is 0.926 bits per heavy atom. The summed E-state index contributed by atoms with van der Waals surface area (Å²) in [6.45, 7) is 1.71. The van der Waals surface area contributed by atoms with Gasteiger partial charge in [0.2, 0.25) is 5.91 Å². The number of benzene rings is 2. The third-order valence-corrected chi connectivity index (χ3v) is 7.42. The van der Waals surface area contributed by atoms with E-state index in [1.54, 1.807) is 0 Å². The molecule has 4 rings (SSSR count). The van der Waals surface area contributed by atoms with Gasteiger partial charge in [-0.05, 0) is 34.6 Å². The zero-order chi connectivity index (χ0) is 18.5. The Hall–Kier alpha value is -2.04. The third-order valence-electron chi connectivity index (χ3n) is 4.97. The molecule has 2 heterocycles. The normalized spacial score (nSPS) is 17.5. The van der Waals surface area contributed by atoms with E-state index in [-0.39, 0.29) is 5.91 Å². The zero-order valence-electron chi connectivity index (χ0n) is 15.2. The highest BCUT2D eigenvalue weighted by molar-refractivity contribution is 7.99. The average molecular weight is 394 g/mol. The molecule has 0 N–H and O–H groups in total. The smallest absolute Gasteiger partial charge is 0.227 e. The van der Waals surface area contributed by atoms with Gasteiger partial charge >= 0.3 is 0 Å². The first-order valence-electron chi connectivity index (χ1n) is 9.37. The van der Waals surface area contributed by atoms with Crippen LogP contribution in [0.4, 0.5) is 0 Å². The predicted octanol–water partition coefficient (Wildman–Crippen LogP) is 5.66. The fraction of sp³-hybridized carbons (Fsp3) is 0.261. The summed E-state index contributed by atoms with van der Waals surface area (Å²) in [7, 11) is 0. The van der Waals surface area contributed by atoms with Crippen molar-refractivity contribution >= 4 is 29.0 Å². The average Bonchev–Trinajstić information content (AvgIpc) is 3.13. The van der Waals surface area contributed by atoms with E-state index in [0.717, 1.165) is 30.8 Å². The summed E-state index contributed by atoms with van der Waals surface area (Å²) < 4.78 is 0. The van der Waals surface area contributed by atoms with Gasteiger partial charge in [0, 0.05) is 29.0 Å². The van der Waals surface area contributed by atoms with Gasteiger partial charge in [-0.3, -0.25) is 4.79 Å². The number of carbonyl (C=O) groups excluding carboxylic acids is 1. The first-order valence-corrected chi connectivity index (χ1v) is 11.3. The van der Waals surface area contributed by atoms with E-state index in [1.165, 1.54) is 16.0 Å². The molecule has 1 aliphatic heterocycles. The van der Waals surface area contributed by atoms with E-state index < -0.39 is 0 Å². The van der Waals surface area contributed by atoms with Crippen LogP contribution in [0.15, 0.2) is 72.1 Å². The first kappa shape index (κ1) is 18.3. The van der Waals surface area contributed by atoms with E-state index in [4.69, 9.17) is 0 Å². The Balaban J connectivity index is 1.36. The molecule has 138 valence electrons. The molecular weight excluding hydrogens is 370 g/mol. The van der Waals surface area contributed by atoms with Crippen LogP contribution in [0.1, 0.15) is 22.1 Å². The summed E-state index contributed by atoms with van der Waals surface area (Å²) in [5, 5.41) is 2.68. The second-order valence-electron chi connectivity index (χ2n) is 6.78. The van der Waals surface area contributed by atoms with Crippen molar-refractivity contribution < 1.29 is 4.79 Å². The van der Waals surface area contributed by atoms with Crippen LogP contribution in [-0.4, -0.2) is 29.6 Å². The van der Waals surface area contributed by atoms with Gasteiger partial charge in [-0.2, -0.15) is 11.8 Å². The first-order chi connectivity index (χ1) is 13.3. The van der Waals surface area contributed by atoms with Gasteiger partial charge in [-0.25, -0.2) is 0 Å². The molecule has 1 unspecified atom stereocenters. The number of thiophene rings is 1. The van der Waals surface area contributed by atoms with Crippen molar-refractivity contribution in [1.29, 1.82) is 0 Å². The van der Waals surface area contributed by atoms with Gasteiger partial charge in [0.15, 0.2) is 0 Å². The molecule has 27 heavy (non-hydrogen) atoms. The Bertz CT molecular complexity index is 859. The van der Waals surface area contributed by atoms with Gasteiger partial charge < -0.3 is 4.90 Å². The maximum atomic E-state index is 12.8. The van der Waals surface area contributed by atoms with Gasteiger partial charge in [-0.1, -0.05) is 60.7 Å². The minimum Gasteiger partial charge on any atom is -0.342 e. The van der Waals surface area contributed by atoms with Crippen LogP contribution in [0, 0.1) is 0 Å². The summed E-state index contributed by atoms with van der Waals surface area (Å²) >= 11 is 3.81. The molecule has 2 nitrogen and oxygen atoms in total. The lowest BCUT2D eigenvalue weighted by Gasteiger charge is -2.20. The van der Waals surface area contributed by atoms with E-state index in [0.29, 0.717) is 11.7 Å². The van der Waals surface area contributed by atoms with E-state index in [1.807, 2.05) is 46.2 Å². The van der Waals surface area contributed by atoms with Crippen molar-refractivity contribution in [2.75, 3.05) is 18.8 Å². The maximum absolute atomic E-state index is 12.8. The fourth-order valence-corrected chi connectivity index (χ4v) is 5.69. The molecule has 0 spiro atoms. The SMILES string of the molecule is O=C(Cc1ccc(-c2ccccc2)cc1)N1CCSC(c2cccs2)CC1. The van der Waals surface area contributed by atoms with Crippen LogP contribution < -0.4 is 0 Å². The molecule has 2 aromatic carbocycles. The van der Waals surface area contributed by atoms with Crippen LogP contribution in [0.5, 0.6) is 0 Å². The molecule has 1 aliphatic rings. The van der Waals surface area contributed by atoms with Crippen LogP contribution in [0.3, 0.4) is 0 Å². The quantitative estimate of drug-likeness (QED) is 0.570. The monoisotopic (exact) mass is 393 g/mol. The summed E-state index contributed by atoms with van der Waals surface area (Å²) in [5.74, 6) is 1.26. The van der Waals surface area contributed by atoms with E-state index in [9.17, 15) is 4.79 Å². The van der Waals surface area contributed by atoms with Crippen molar-refractivity contribution in [2.45, 2.75) is 18.1 Å². The molecule has 4 heteroatoms. The van der Waals surface area contributed by atoms with E-state index >= 15 is 0 Å². The number of rotatable bonds is 4. The Kier molecular flexibility index (Phi) is 5.95. The second-order valence-corrected chi connectivity index (χ2v) is 9.07. The van der Waals surface area contributed by atoms with Crippen molar-refractivity contribution in [3.63, 3.8) is 0 Å². The molecule has 0 radical (unpaired) electrons. The number of hydrogen-bond acceptors (Lipinski definition) is 3. The molecule has 1 amide bonds. The number of thioether (sulfide) groups is 1. The van der Waals surface area contributed by atoms with Crippen LogP contribution in [-0.2, 0) is 11.2 Å². The second kappa shape index (κ2) is 8.77. The lowest BCUT2D eigenvalue weighted by molar-refractivity contribution is -0.130. The van der Waals surface area contributed by atoms with Gasteiger partial charge in [-0.15, -0.1) is 11.3 Å². The highest BCUT2D eigenvalue weighted by atomic mass is 32.2. The summed E-state index contributed by atoms with van der Waals surface area (Å²) in [4.78, 5) is 16.3. The largest absolute Gasteiger partial charge is 0.342 e. The van der Waals surface area contributed by atoms with Crippen molar-refractivity contribution in [2.24, 2.45) is 0 Å². The lowest BCUT2D eigenvalue weighted by Crippen LogP contribution is -2.34. The topological polar surface area (TPSA) is 20.3 Å². The summed E-state index contributed by atoms with van der Waals surface area (Å²) in [6, 6.07) is 23.1. The number of hydrogen-bond donors (Lipinski definition) is 0. The minimum atomic E-state index is 0.245. The Morgan fingerprint density at radius 3 is 2.44 bits per heavy atom. The molecule has 0 bridgehead atoms. The van der Waals surface area contributed by atoms with Gasteiger partial charge in [0.05, 0.1) is 6.42 Å². The molecule has 1 atom stereocenters. The van der Waals surface area contributed by atoms with E-state index in [2.05, 4.69) is 53.9 Å². The highest BCUT2D eigenvalue weighted by Gasteiger charge is 2.22. The molecule has 1 saturated heterocycles. The third kappa shape index (κ3) is 4.63. The van der Waals surface area contributed by atoms with Crippen LogP contribution >= 0.6 is 23.1 Å². The molecule has 1 fully saturated rings. The maximum Gasteiger partial charge on any atom is 0.227 e. The number of nitrogens with zero attached hydrogens (tertiary/aromatic N) is 1. The van der Waals surface area contributed by atoms with Crippen molar-refractivity contribution in [1.82, 2.24) is 4.90 Å². The van der Waals surface area contributed by atoms with Crippen molar-refractivity contribution in [3.05, 3.63) is 82.6 Å². The molecule has 1 aromatic heterocycles. The summed E-state index contributed by atoms with van der Waals surface area (Å²) in [6.07, 6.45) is 1.53. The van der Waals surface area contributed by atoms with Crippen molar-refractivity contribution in [3.8, 4) is 11.1 Å². The molecule has 3 aromatic rings. The summed E-state index contributed by atoms with van der Waals surface area (Å²) in [5.41, 5.74) is 3.49. The molecular formula is C23H23NOS2. The standard InChI is InChI=1S/C23H23NOS2/c25-23(24-13-12-22(27-16-14-24)21-7-4-15-26-21)17-18-8-10-20(11-9-18)19-5-2-1-3-6-19/h1-11,15,22H,12-14,16-17H2. The highest BCUT2D eigenvalue weighted by Crippen LogP contribution is 2.36. The molecule has 0 aliphatic carbocycles. The Morgan fingerprint density at radius 2 is 1.70 bits per heavy atom. The molecule has 0 saturated carbocycles. The zero-order valence-corrected chi connectivity index (χ0v) is 16.8. The number of carbonyl (C=O) groups is 1. The lowest BCUT2D eigenvalue weighted by atomic mass is 10.0. The predicted molar refractivity (Wildman–Crippen MR) is 116 cm³/mol. The van der Waals surface area contributed by atoms with Gasteiger partial charge in [0.1, 0.15) is 0 Å². The van der Waals surface area contributed by atoms with Crippen LogP contribution in [0.25, 0.3) is 11.1 Å². The minimum absolute atomic E-state index is 0.245. The Labute approximate surface area is 169 Å². The number of amides is 1. The fourth-order valence-electron chi connectivity index (χ4n) is 3.45. The van der Waals surface area contributed by atoms with Gasteiger partial charge in [0.25, 0.3) is 0 Å². The van der Waals surface area contributed by atoms with Crippen LogP contribution in [0.2, 0.25) is 0 Å².